The van der Waals surface area contributed by atoms with Crippen molar-refractivity contribution in [3.05, 3.63) is 11.1 Å². The highest BCUT2D eigenvalue weighted by Gasteiger charge is 2.14. The SMILES string of the molecule is CCC[C@@H](N)C(=O)Nc1nc(C(C)=O)cs1. The van der Waals surface area contributed by atoms with Crippen LogP contribution >= 0.6 is 11.3 Å². The molecule has 0 radical (unpaired) electrons. The summed E-state index contributed by atoms with van der Waals surface area (Å²) in [6.45, 7) is 3.40. The Kier molecular flexibility index (Phi) is 4.57. The zero-order valence-corrected chi connectivity index (χ0v) is 10.1. The van der Waals surface area contributed by atoms with Gasteiger partial charge in [0, 0.05) is 12.3 Å². The number of Topliss-reactive ketones (excluding diaryl/α,β-unsaturated/α-hetero) is 1. The summed E-state index contributed by atoms with van der Waals surface area (Å²) in [6.07, 6.45) is 1.49. The lowest BCUT2D eigenvalue weighted by atomic mass is 10.2. The van der Waals surface area contributed by atoms with Gasteiger partial charge in [-0.3, -0.25) is 9.59 Å². The first-order valence-electron chi connectivity index (χ1n) is 5.07. The molecule has 0 aromatic carbocycles. The molecule has 88 valence electrons. The Morgan fingerprint density at radius 1 is 1.62 bits per heavy atom. The van der Waals surface area contributed by atoms with Crippen LogP contribution in [0.25, 0.3) is 0 Å². The monoisotopic (exact) mass is 241 g/mol. The van der Waals surface area contributed by atoms with E-state index in [0.29, 0.717) is 17.2 Å². The quantitative estimate of drug-likeness (QED) is 0.763. The van der Waals surface area contributed by atoms with Crippen molar-refractivity contribution in [1.82, 2.24) is 4.98 Å². The molecule has 1 aromatic rings. The lowest BCUT2D eigenvalue weighted by Crippen LogP contribution is -2.35. The maximum atomic E-state index is 11.5. The lowest BCUT2D eigenvalue weighted by molar-refractivity contribution is -0.117. The van der Waals surface area contributed by atoms with E-state index < -0.39 is 6.04 Å². The number of rotatable bonds is 5. The highest BCUT2D eigenvalue weighted by Crippen LogP contribution is 2.16. The van der Waals surface area contributed by atoms with E-state index in [2.05, 4.69) is 10.3 Å². The smallest absolute Gasteiger partial charge is 0.243 e. The number of carbonyl (C=O) groups is 2. The molecule has 0 bridgehead atoms. The van der Waals surface area contributed by atoms with Crippen LogP contribution in [-0.2, 0) is 4.79 Å². The van der Waals surface area contributed by atoms with Crippen molar-refractivity contribution in [3.63, 3.8) is 0 Å². The molecule has 1 rings (SSSR count). The number of nitrogens with two attached hydrogens (primary N) is 1. The summed E-state index contributed by atoms with van der Waals surface area (Å²) in [5, 5.41) is 4.63. The molecule has 1 atom stereocenters. The highest BCUT2D eigenvalue weighted by molar-refractivity contribution is 7.14. The highest BCUT2D eigenvalue weighted by atomic mass is 32.1. The average molecular weight is 241 g/mol. The molecule has 0 fully saturated rings. The second-order valence-corrected chi connectivity index (χ2v) is 4.34. The number of thiazole rings is 1. The molecule has 0 spiro atoms. The number of nitrogens with one attached hydrogen (secondary N) is 1. The van der Waals surface area contributed by atoms with Gasteiger partial charge in [0.25, 0.3) is 0 Å². The third-order valence-electron chi connectivity index (χ3n) is 2.03. The van der Waals surface area contributed by atoms with Gasteiger partial charge in [0.15, 0.2) is 10.9 Å². The molecule has 3 N–H and O–H groups in total. The van der Waals surface area contributed by atoms with Crippen molar-refractivity contribution in [2.24, 2.45) is 5.73 Å². The molecule has 1 amide bonds. The standard InChI is InChI=1S/C10H15N3O2S/c1-3-4-7(11)9(15)13-10-12-8(5-16-10)6(2)14/h5,7H,3-4,11H2,1-2H3,(H,12,13,15)/t7-/m1/s1. The second-order valence-electron chi connectivity index (χ2n) is 3.48. The van der Waals surface area contributed by atoms with Crippen LogP contribution in [0.15, 0.2) is 5.38 Å². The molecular weight excluding hydrogens is 226 g/mol. The van der Waals surface area contributed by atoms with Gasteiger partial charge in [-0.05, 0) is 6.42 Å². The predicted octanol–water partition coefficient (Wildman–Crippen LogP) is 1.41. The van der Waals surface area contributed by atoms with Gasteiger partial charge >= 0.3 is 0 Å². The maximum Gasteiger partial charge on any atom is 0.243 e. The normalized spacial score (nSPS) is 12.2. The Morgan fingerprint density at radius 3 is 2.81 bits per heavy atom. The van der Waals surface area contributed by atoms with Gasteiger partial charge in [0.2, 0.25) is 5.91 Å². The predicted molar refractivity (Wildman–Crippen MR) is 63.6 cm³/mol. The molecule has 16 heavy (non-hydrogen) atoms. The number of hydrogen-bond acceptors (Lipinski definition) is 5. The van der Waals surface area contributed by atoms with Gasteiger partial charge in [-0.1, -0.05) is 13.3 Å². The summed E-state index contributed by atoms with van der Waals surface area (Å²) < 4.78 is 0. The van der Waals surface area contributed by atoms with Crippen LogP contribution in [0.2, 0.25) is 0 Å². The van der Waals surface area contributed by atoms with Crippen LogP contribution in [0, 0.1) is 0 Å². The summed E-state index contributed by atoms with van der Waals surface area (Å²) in [6, 6.07) is -0.519. The van der Waals surface area contributed by atoms with Gasteiger partial charge in [0.1, 0.15) is 5.69 Å². The van der Waals surface area contributed by atoms with Gasteiger partial charge in [0.05, 0.1) is 6.04 Å². The van der Waals surface area contributed by atoms with Gasteiger partial charge in [-0.25, -0.2) is 4.98 Å². The topological polar surface area (TPSA) is 85.1 Å². The Balaban J connectivity index is 2.59. The van der Waals surface area contributed by atoms with Crippen LogP contribution in [0.5, 0.6) is 0 Å². The van der Waals surface area contributed by atoms with Crippen LogP contribution in [0.4, 0.5) is 5.13 Å². The Hall–Kier alpha value is -1.27. The van der Waals surface area contributed by atoms with Crippen molar-refractivity contribution in [3.8, 4) is 0 Å². The number of anilines is 1. The van der Waals surface area contributed by atoms with E-state index in [1.165, 1.54) is 18.3 Å². The zero-order chi connectivity index (χ0) is 12.1. The lowest BCUT2D eigenvalue weighted by Gasteiger charge is -2.08. The fourth-order valence-electron chi connectivity index (χ4n) is 1.13. The summed E-state index contributed by atoms with van der Waals surface area (Å²) in [7, 11) is 0. The molecule has 6 heteroatoms. The molecule has 0 unspecified atom stereocenters. The molecular formula is C10H15N3O2S. The molecule has 1 aromatic heterocycles. The minimum Gasteiger partial charge on any atom is -0.320 e. The van der Waals surface area contributed by atoms with Crippen molar-refractivity contribution in [1.29, 1.82) is 0 Å². The first-order chi connectivity index (χ1) is 7.54. The zero-order valence-electron chi connectivity index (χ0n) is 9.32. The first kappa shape index (κ1) is 12.8. The number of hydrogen-bond donors (Lipinski definition) is 2. The first-order valence-corrected chi connectivity index (χ1v) is 5.95. The van der Waals surface area contributed by atoms with Crippen LogP contribution in [0.1, 0.15) is 37.2 Å². The van der Waals surface area contributed by atoms with Crippen molar-refractivity contribution in [2.75, 3.05) is 5.32 Å². The number of carbonyl (C=O) groups excluding carboxylic acids is 2. The Bertz CT molecular complexity index is 389. The number of ketones is 1. The molecule has 0 saturated carbocycles. The van der Waals surface area contributed by atoms with Gasteiger partial charge in [-0.15, -0.1) is 11.3 Å². The summed E-state index contributed by atoms with van der Waals surface area (Å²) in [5.74, 6) is -0.374. The molecule has 0 aliphatic carbocycles. The summed E-state index contributed by atoms with van der Waals surface area (Å²) in [4.78, 5) is 26.5. The van der Waals surface area contributed by atoms with Crippen LogP contribution < -0.4 is 11.1 Å². The van der Waals surface area contributed by atoms with E-state index in [0.717, 1.165) is 6.42 Å². The van der Waals surface area contributed by atoms with Crippen LogP contribution in [-0.4, -0.2) is 22.7 Å². The van der Waals surface area contributed by atoms with E-state index in [-0.39, 0.29) is 11.7 Å². The summed E-state index contributed by atoms with van der Waals surface area (Å²) in [5.41, 5.74) is 6.01. The van der Waals surface area contributed by atoms with E-state index in [9.17, 15) is 9.59 Å². The fourth-order valence-corrected chi connectivity index (χ4v) is 1.89. The van der Waals surface area contributed by atoms with Crippen molar-refractivity contribution < 1.29 is 9.59 Å². The van der Waals surface area contributed by atoms with E-state index in [1.54, 1.807) is 5.38 Å². The van der Waals surface area contributed by atoms with Crippen molar-refractivity contribution in [2.45, 2.75) is 32.7 Å². The van der Waals surface area contributed by atoms with Crippen LogP contribution in [0.3, 0.4) is 0 Å². The molecule has 0 saturated heterocycles. The second kappa shape index (κ2) is 5.72. The average Bonchev–Trinajstić information content (AvgIpc) is 2.66. The molecule has 1 heterocycles. The van der Waals surface area contributed by atoms with Gasteiger partial charge in [-0.2, -0.15) is 0 Å². The largest absolute Gasteiger partial charge is 0.320 e. The van der Waals surface area contributed by atoms with E-state index in [1.807, 2.05) is 6.92 Å². The van der Waals surface area contributed by atoms with E-state index >= 15 is 0 Å². The maximum absolute atomic E-state index is 11.5. The minimum atomic E-state index is -0.519. The van der Waals surface area contributed by atoms with Crippen molar-refractivity contribution >= 4 is 28.2 Å². The third kappa shape index (κ3) is 3.39. The Labute approximate surface area is 98.1 Å². The number of nitrogens with zero attached hydrogens (tertiary/aromatic N) is 1. The molecule has 0 aliphatic rings. The molecule has 0 aliphatic heterocycles. The number of aromatic nitrogens is 1. The fraction of sp³-hybridized carbons (Fsp3) is 0.500. The van der Waals surface area contributed by atoms with Gasteiger partial charge < -0.3 is 11.1 Å². The number of amides is 1. The minimum absolute atomic E-state index is 0.116. The van der Waals surface area contributed by atoms with E-state index in [4.69, 9.17) is 5.73 Å². The molecule has 5 nitrogen and oxygen atoms in total. The summed E-state index contributed by atoms with van der Waals surface area (Å²) >= 11 is 1.22. The Morgan fingerprint density at radius 2 is 2.31 bits per heavy atom. The third-order valence-corrected chi connectivity index (χ3v) is 2.79.